The molecule has 0 bridgehead atoms. The molecule has 4 heterocycles. The van der Waals surface area contributed by atoms with E-state index in [1.165, 1.54) is 60.8 Å². The minimum Gasteiger partial charge on any atom is -0.311 e. The molecule has 402 valence electrons. The Bertz CT molecular complexity index is 4300. The van der Waals surface area contributed by atoms with Crippen molar-refractivity contribution >= 4 is 132 Å². The Morgan fingerprint density at radius 3 is 1.05 bits per heavy atom. The summed E-state index contributed by atoms with van der Waals surface area (Å²) >= 11 is 0. The first-order valence-corrected chi connectivity index (χ1v) is 29.9. The predicted molar refractivity (Wildman–Crippen MR) is 363 cm³/mol. The van der Waals surface area contributed by atoms with Crippen LogP contribution in [0, 0.1) is 0 Å². The van der Waals surface area contributed by atoms with Crippen molar-refractivity contribution in [3.8, 4) is 0 Å². The van der Waals surface area contributed by atoms with E-state index in [1.54, 1.807) is 0 Å². The van der Waals surface area contributed by atoms with Gasteiger partial charge in [0, 0.05) is 85.5 Å². The van der Waals surface area contributed by atoms with Gasteiger partial charge in [-0.2, -0.15) is 0 Å². The molecule has 5 nitrogen and oxygen atoms in total. The molecule has 86 heavy (non-hydrogen) atoms. The van der Waals surface area contributed by atoms with Crippen molar-refractivity contribution in [1.29, 1.82) is 0 Å². The summed E-state index contributed by atoms with van der Waals surface area (Å²) < 4.78 is 0. The minimum atomic E-state index is -0.137. The van der Waals surface area contributed by atoms with Gasteiger partial charge in [0.05, 0.1) is 5.69 Å². The van der Waals surface area contributed by atoms with Crippen LogP contribution in [-0.2, 0) is 0 Å². The third-order valence-corrected chi connectivity index (χ3v) is 18.0. The molecule has 1 unspecified atom stereocenters. The van der Waals surface area contributed by atoms with Gasteiger partial charge in [0.25, 0.3) is 6.71 Å². The van der Waals surface area contributed by atoms with Gasteiger partial charge in [0.15, 0.2) is 0 Å². The molecular formula is C79H55B2N5. The quantitative estimate of drug-likeness (QED) is 0.127. The number of hydrogen-bond donors (Lipinski definition) is 0. The van der Waals surface area contributed by atoms with Crippen LogP contribution in [0.3, 0.4) is 0 Å². The summed E-state index contributed by atoms with van der Waals surface area (Å²) in [5.41, 5.74) is 28.4. The van der Waals surface area contributed by atoms with E-state index in [9.17, 15) is 0 Å². The Morgan fingerprint density at radius 2 is 0.581 bits per heavy atom. The molecule has 1 atom stereocenters. The van der Waals surface area contributed by atoms with Crippen LogP contribution in [-0.4, -0.2) is 13.4 Å². The van der Waals surface area contributed by atoms with E-state index in [2.05, 4.69) is 352 Å². The summed E-state index contributed by atoms with van der Waals surface area (Å²) in [6, 6.07) is 121. The van der Waals surface area contributed by atoms with Gasteiger partial charge in [-0.15, -0.1) is 0 Å². The zero-order chi connectivity index (χ0) is 56.7. The lowest BCUT2D eigenvalue weighted by molar-refractivity contribution is 0.983. The van der Waals surface area contributed by atoms with E-state index in [1.807, 2.05) is 0 Å². The molecule has 0 saturated heterocycles. The summed E-state index contributed by atoms with van der Waals surface area (Å²) in [6.45, 7) is -0.243. The lowest BCUT2D eigenvalue weighted by Crippen LogP contribution is -2.65. The highest BCUT2D eigenvalue weighted by Gasteiger charge is 2.49. The van der Waals surface area contributed by atoms with Crippen LogP contribution in [0.25, 0.3) is 0 Å². The maximum absolute atomic E-state index is 2.64. The van der Waals surface area contributed by atoms with Crippen LogP contribution < -0.4 is 57.3 Å². The van der Waals surface area contributed by atoms with Crippen LogP contribution in [0.4, 0.5) is 85.3 Å². The zero-order valence-corrected chi connectivity index (χ0v) is 47.1. The molecule has 0 amide bonds. The van der Waals surface area contributed by atoms with Crippen LogP contribution in [0.2, 0.25) is 0 Å². The molecule has 7 heteroatoms. The third kappa shape index (κ3) is 7.89. The molecule has 0 N–H and O–H groups in total. The summed E-state index contributed by atoms with van der Waals surface area (Å²) in [4.78, 5) is 12.5. The van der Waals surface area contributed by atoms with Crippen molar-refractivity contribution in [2.24, 2.45) is 0 Å². The number of rotatable bonds is 10. The van der Waals surface area contributed by atoms with Gasteiger partial charge in [-0.3, -0.25) is 0 Å². The summed E-state index contributed by atoms with van der Waals surface area (Å²) in [7, 11) is 0. The third-order valence-electron chi connectivity index (χ3n) is 18.0. The molecule has 0 radical (unpaired) electrons. The molecule has 0 fully saturated rings. The highest BCUT2D eigenvalue weighted by Crippen LogP contribution is 2.51. The first-order valence-electron chi connectivity index (χ1n) is 29.9. The van der Waals surface area contributed by atoms with Gasteiger partial charge in [-0.25, -0.2) is 0 Å². The molecule has 0 aliphatic carbocycles. The van der Waals surface area contributed by atoms with Gasteiger partial charge < -0.3 is 24.5 Å². The number of benzene rings is 13. The molecule has 4 aliphatic heterocycles. The largest absolute Gasteiger partial charge is 0.311 e. The first kappa shape index (κ1) is 49.6. The summed E-state index contributed by atoms with van der Waals surface area (Å²) in [6.07, 6.45) is 0. The number of hydrogen-bond acceptors (Lipinski definition) is 5. The Balaban J connectivity index is 0.995. The van der Waals surface area contributed by atoms with Gasteiger partial charge in [-0.1, -0.05) is 212 Å². The first-order chi connectivity index (χ1) is 42.7. The lowest BCUT2D eigenvalue weighted by Gasteiger charge is -2.47. The lowest BCUT2D eigenvalue weighted by atomic mass is 9.29. The molecule has 0 saturated carbocycles. The smallest absolute Gasteiger partial charge is 0.252 e. The summed E-state index contributed by atoms with van der Waals surface area (Å²) in [5, 5.41) is 0. The Hall–Kier alpha value is -11.0. The standard InChI is InChI=1S/C79H55B2N5/c1-9-29-55(30-10-1)77-65-45-25-26-46-67(65)80-69-53-70-73(54-72(69)85(61-41-21-7-22-42-61)74-50-63(49-66(77)78(74)80)82(56-31-11-2-12-32-56)57-33-13-3-14-34-57)86(62-43-23-8-24-44-62)76-52-64(83(58-35-15-4-16-36-58)59-37-17-5-18-38-59)51-75-79(76)81(70)68-47-27-28-48-71(68)84(75)60-39-19-6-20-40-60/h1-54,77H. The molecular weight excluding hydrogens is 1040 g/mol. The molecule has 0 spiro atoms. The van der Waals surface area contributed by atoms with E-state index in [0.29, 0.717) is 0 Å². The van der Waals surface area contributed by atoms with Crippen LogP contribution in [0.1, 0.15) is 22.6 Å². The highest BCUT2D eigenvalue weighted by atomic mass is 15.2. The van der Waals surface area contributed by atoms with Crippen LogP contribution in [0.15, 0.2) is 328 Å². The fraction of sp³-hybridized carbons (Fsp3) is 0.0127. The second-order valence-electron chi connectivity index (χ2n) is 22.8. The second-order valence-corrected chi connectivity index (χ2v) is 22.8. The number of fused-ring (bicyclic) bond motifs is 8. The normalized spacial score (nSPS) is 13.8. The molecule has 17 rings (SSSR count). The van der Waals surface area contributed by atoms with E-state index in [4.69, 9.17) is 0 Å². The molecule has 13 aromatic rings. The zero-order valence-electron chi connectivity index (χ0n) is 47.1. The average molecular weight is 1100 g/mol. The molecule has 0 aromatic heterocycles. The second kappa shape index (κ2) is 20.4. The summed E-state index contributed by atoms with van der Waals surface area (Å²) in [5.74, 6) is -0.0414. The Kier molecular flexibility index (Phi) is 11.8. The van der Waals surface area contributed by atoms with Gasteiger partial charge >= 0.3 is 0 Å². The predicted octanol–water partition coefficient (Wildman–Crippen LogP) is 16.5. The maximum atomic E-state index is 2.64. The van der Waals surface area contributed by atoms with Gasteiger partial charge in [-0.05, 0) is 165 Å². The van der Waals surface area contributed by atoms with Crippen molar-refractivity contribution in [3.05, 3.63) is 344 Å². The topological polar surface area (TPSA) is 16.2 Å². The van der Waals surface area contributed by atoms with E-state index in [-0.39, 0.29) is 19.3 Å². The average Bonchev–Trinajstić information content (AvgIpc) is 0.705. The molecule has 4 aliphatic rings. The van der Waals surface area contributed by atoms with Crippen molar-refractivity contribution in [2.75, 3.05) is 24.5 Å². The van der Waals surface area contributed by atoms with Crippen molar-refractivity contribution in [1.82, 2.24) is 0 Å². The SMILES string of the molecule is c1ccc(C2c3ccccc3B3c4cc5c(cc4N(c4ccccc4)c4cc(N(c6ccccc6)c6ccccc6)cc2c43)N(c2ccccc2)c2cc(N(c3ccccc3)c3ccccc3)cc3c2B5c2ccccc2N3c2ccccc2)cc1. The fourth-order valence-electron chi connectivity index (χ4n) is 14.6. The Morgan fingerprint density at radius 1 is 0.233 bits per heavy atom. The monoisotopic (exact) mass is 1100 g/mol. The Labute approximate surface area is 503 Å². The van der Waals surface area contributed by atoms with Crippen LogP contribution in [0.5, 0.6) is 0 Å². The van der Waals surface area contributed by atoms with Crippen LogP contribution >= 0.6 is 0 Å². The van der Waals surface area contributed by atoms with E-state index >= 15 is 0 Å². The number of anilines is 15. The van der Waals surface area contributed by atoms with Gasteiger partial charge in [0.2, 0.25) is 6.71 Å². The number of nitrogens with zero attached hydrogens (tertiary/aromatic N) is 5. The van der Waals surface area contributed by atoms with Crippen molar-refractivity contribution in [2.45, 2.75) is 5.92 Å². The molecule has 13 aromatic carbocycles. The van der Waals surface area contributed by atoms with Crippen molar-refractivity contribution in [3.63, 3.8) is 0 Å². The van der Waals surface area contributed by atoms with Crippen molar-refractivity contribution < 1.29 is 0 Å². The highest BCUT2D eigenvalue weighted by molar-refractivity contribution is 7.02. The van der Waals surface area contributed by atoms with E-state index in [0.717, 1.165) is 73.9 Å². The minimum absolute atomic E-state index is 0.0414. The van der Waals surface area contributed by atoms with E-state index < -0.39 is 0 Å². The maximum Gasteiger partial charge on any atom is 0.252 e. The fourth-order valence-corrected chi connectivity index (χ4v) is 14.6. The number of para-hydroxylation sites is 8. The van der Waals surface area contributed by atoms with Gasteiger partial charge in [0.1, 0.15) is 0 Å².